The maximum atomic E-state index is 13.3. The third kappa shape index (κ3) is 5.15. The van der Waals surface area contributed by atoms with Crippen molar-refractivity contribution in [3.63, 3.8) is 0 Å². The highest BCUT2D eigenvalue weighted by atomic mass is 19.1. The van der Waals surface area contributed by atoms with Gasteiger partial charge in [0.2, 0.25) is 17.6 Å². The summed E-state index contributed by atoms with van der Waals surface area (Å²) in [6.07, 6.45) is 0.842. The Balaban J connectivity index is 1.82. The topological polar surface area (TPSA) is 105 Å². The molecular formula is C16H18FN3O4. The molecule has 0 fully saturated rings. The van der Waals surface area contributed by atoms with Gasteiger partial charge >= 0.3 is 5.97 Å². The van der Waals surface area contributed by atoms with Crippen LogP contribution in [-0.2, 0) is 16.0 Å². The molecule has 0 aliphatic rings. The van der Waals surface area contributed by atoms with Gasteiger partial charge in [0.1, 0.15) is 5.82 Å². The van der Waals surface area contributed by atoms with Gasteiger partial charge in [0, 0.05) is 31.4 Å². The largest absolute Gasteiger partial charge is 0.481 e. The molecule has 1 aromatic heterocycles. The maximum Gasteiger partial charge on any atom is 0.303 e. The second-order valence-electron chi connectivity index (χ2n) is 5.32. The smallest absolute Gasteiger partial charge is 0.303 e. The number of aliphatic carboxylic acids is 1. The summed E-state index contributed by atoms with van der Waals surface area (Å²) < 4.78 is 18.3. The van der Waals surface area contributed by atoms with Crippen LogP contribution in [-0.4, -0.2) is 33.7 Å². The molecule has 7 nitrogen and oxygen atoms in total. The lowest BCUT2D eigenvalue weighted by molar-refractivity contribution is -0.137. The number of aryl methyl sites for hydroxylation is 2. The zero-order chi connectivity index (χ0) is 17.5. The molecule has 2 N–H and O–H groups in total. The number of amides is 1. The van der Waals surface area contributed by atoms with E-state index in [2.05, 4.69) is 15.5 Å². The van der Waals surface area contributed by atoms with E-state index in [0.29, 0.717) is 35.8 Å². The number of hydrogen-bond donors (Lipinski definition) is 2. The third-order valence-electron chi connectivity index (χ3n) is 3.34. The molecule has 0 atom stereocenters. The van der Waals surface area contributed by atoms with Crippen LogP contribution in [0.3, 0.4) is 0 Å². The van der Waals surface area contributed by atoms with Crippen molar-refractivity contribution in [2.24, 2.45) is 0 Å². The van der Waals surface area contributed by atoms with Crippen LogP contribution < -0.4 is 5.32 Å². The minimum atomic E-state index is -0.890. The minimum absolute atomic E-state index is 0.0182. The van der Waals surface area contributed by atoms with Gasteiger partial charge in [-0.3, -0.25) is 9.59 Å². The summed E-state index contributed by atoms with van der Waals surface area (Å²) in [5.41, 5.74) is 1.13. The molecular weight excluding hydrogens is 317 g/mol. The van der Waals surface area contributed by atoms with Crippen LogP contribution in [0.1, 0.15) is 30.7 Å². The van der Waals surface area contributed by atoms with E-state index in [4.69, 9.17) is 9.63 Å². The van der Waals surface area contributed by atoms with E-state index in [1.807, 2.05) is 0 Å². The Morgan fingerprint density at radius 3 is 2.83 bits per heavy atom. The molecule has 0 unspecified atom stereocenters. The van der Waals surface area contributed by atoms with Crippen LogP contribution in [0.25, 0.3) is 11.4 Å². The summed E-state index contributed by atoms with van der Waals surface area (Å²) in [4.78, 5) is 26.2. The molecule has 2 rings (SSSR count). The van der Waals surface area contributed by atoms with E-state index in [1.165, 1.54) is 6.07 Å². The number of nitrogens with zero attached hydrogens (tertiary/aromatic N) is 2. The number of nitrogens with one attached hydrogen (secondary N) is 1. The van der Waals surface area contributed by atoms with Crippen LogP contribution in [0, 0.1) is 12.7 Å². The van der Waals surface area contributed by atoms with Gasteiger partial charge < -0.3 is 14.9 Å². The van der Waals surface area contributed by atoms with Gasteiger partial charge in [-0.25, -0.2) is 4.39 Å². The lowest BCUT2D eigenvalue weighted by atomic mass is 10.1. The van der Waals surface area contributed by atoms with Gasteiger partial charge in [0.25, 0.3) is 0 Å². The second kappa shape index (κ2) is 8.19. The molecule has 0 spiro atoms. The van der Waals surface area contributed by atoms with Crippen molar-refractivity contribution < 1.29 is 23.6 Å². The number of aromatic nitrogens is 2. The fourth-order valence-electron chi connectivity index (χ4n) is 2.03. The first kappa shape index (κ1) is 17.6. The Labute approximate surface area is 137 Å². The molecule has 8 heteroatoms. The van der Waals surface area contributed by atoms with E-state index < -0.39 is 5.97 Å². The second-order valence-corrected chi connectivity index (χ2v) is 5.32. The van der Waals surface area contributed by atoms with E-state index in [9.17, 15) is 14.0 Å². The Bertz CT molecular complexity index is 730. The number of halogens is 1. The molecule has 0 saturated heterocycles. The quantitative estimate of drug-likeness (QED) is 0.716. The SMILES string of the molecule is Cc1cc(-c2noc(CCC(=O)NCCCC(=O)O)n2)ccc1F. The number of carbonyl (C=O) groups is 2. The standard InChI is InChI=1S/C16H18FN3O4/c1-10-9-11(4-5-12(10)17)16-19-14(24-20-16)7-6-13(21)18-8-2-3-15(22)23/h4-5,9H,2-3,6-8H2,1H3,(H,18,21)(H,22,23). The Morgan fingerprint density at radius 2 is 2.12 bits per heavy atom. The predicted octanol–water partition coefficient (Wildman–Crippen LogP) is 2.10. The fraction of sp³-hybridized carbons (Fsp3) is 0.375. The summed E-state index contributed by atoms with van der Waals surface area (Å²) in [6, 6.07) is 4.52. The molecule has 2 aromatic rings. The molecule has 1 heterocycles. The van der Waals surface area contributed by atoms with E-state index in [0.717, 1.165) is 0 Å². The first-order valence-corrected chi connectivity index (χ1v) is 7.53. The molecule has 1 amide bonds. The molecule has 128 valence electrons. The molecule has 0 radical (unpaired) electrons. The number of hydrogen-bond acceptors (Lipinski definition) is 5. The lowest BCUT2D eigenvalue weighted by Gasteiger charge is -2.02. The van der Waals surface area contributed by atoms with Gasteiger partial charge in [-0.05, 0) is 37.1 Å². The average Bonchev–Trinajstić information content (AvgIpc) is 3.01. The fourth-order valence-corrected chi connectivity index (χ4v) is 2.03. The first-order valence-electron chi connectivity index (χ1n) is 7.53. The first-order chi connectivity index (χ1) is 11.5. The number of carboxylic acids is 1. The van der Waals surface area contributed by atoms with E-state index in [1.54, 1.807) is 19.1 Å². The molecule has 0 aliphatic heterocycles. The normalized spacial score (nSPS) is 10.6. The molecule has 0 aliphatic carbocycles. The van der Waals surface area contributed by atoms with Gasteiger partial charge in [-0.1, -0.05) is 5.16 Å². The Hall–Kier alpha value is -2.77. The number of carboxylic acid groups (broad SMARTS) is 1. The minimum Gasteiger partial charge on any atom is -0.481 e. The zero-order valence-electron chi connectivity index (χ0n) is 13.2. The summed E-state index contributed by atoms with van der Waals surface area (Å²) in [5, 5.41) is 14.9. The van der Waals surface area contributed by atoms with Crippen molar-refractivity contribution in [2.75, 3.05) is 6.54 Å². The maximum absolute atomic E-state index is 13.3. The van der Waals surface area contributed by atoms with Crippen LogP contribution in [0.4, 0.5) is 4.39 Å². The molecule has 24 heavy (non-hydrogen) atoms. The molecule has 1 aromatic carbocycles. The highest BCUT2D eigenvalue weighted by molar-refractivity contribution is 5.76. The lowest BCUT2D eigenvalue weighted by Crippen LogP contribution is -2.25. The molecule has 0 saturated carbocycles. The summed E-state index contributed by atoms with van der Waals surface area (Å²) >= 11 is 0. The highest BCUT2D eigenvalue weighted by Crippen LogP contribution is 2.19. The monoisotopic (exact) mass is 335 g/mol. The Morgan fingerprint density at radius 1 is 1.33 bits per heavy atom. The summed E-state index contributed by atoms with van der Waals surface area (Å²) in [7, 11) is 0. The van der Waals surface area contributed by atoms with E-state index in [-0.39, 0.29) is 31.0 Å². The van der Waals surface area contributed by atoms with Crippen molar-refractivity contribution in [1.82, 2.24) is 15.5 Å². The van der Waals surface area contributed by atoms with Gasteiger partial charge in [-0.15, -0.1) is 0 Å². The third-order valence-corrected chi connectivity index (χ3v) is 3.34. The van der Waals surface area contributed by atoms with Crippen molar-refractivity contribution in [3.8, 4) is 11.4 Å². The van der Waals surface area contributed by atoms with Crippen LogP contribution in [0.2, 0.25) is 0 Å². The van der Waals surface area contributed by atoms with Gasteiger partial charge in [0.15, 0.2) is 0 Å². The predicted molar refractivity (Wildman–Crippen MR) is 82.6 cm³/mol. The van der Waals surface area contributed by atoms with Crippen LogP contribution in [0.5, 0.6) is 0 Å². The summed E-state index contributed by atoms with van der Waals surface area (Å²) in [5.74, 6) is -0.749. The molecule has 0 bridgehead atoms. The van der Waals surface area contributed by atoms with Crippen molar-refractivity contribution in [1.29, 1.82) is 0 Å². The number of rotatable bonds is 8. The summed E-state index contributed by atoms with van der Waals surface area (Å²) in [6.45, 7) is 1.96. The average molecular weight is 335 g/mol. The van der Waals surface area contributed by atoms with Crippen LogP contribution >= 0.6 is 0 Å². The highest BCUT2D eigenvalue weighted by Gasteiger charge is 2.11. The van der Waals surface area contributed by atoms with Crippen molar-refractivity contribution in [3.05, 3.63) is 35.5 Å². The number of benzene rings is 1. The van der Waals surface area contributed by atoms with Crippen molar-refractivity contribution in [2.45, 2.75) is 32.6 Å². The Kier molecular flexibility index (Phi) is 6.00. The zero-order valence-corrected chi connectivity index (χ0v) is 13.2. The van der Waals surface area contributed by atoms with E-state index >= 15 is 0 Å². The number of carbonyl (C=O) groups excluding carboxylic acids is 1. The van der Waals surface area contributed by atoms with Gasteiger partial charge in [-0.2, -0.15) is 4.98 Å². The van der Waals surface area contributed by atoms with Crippen molar-refractivity contribution >= 4 is 11.9 Å². The van der Waals surface area contributed by atoms with Crippen LogP contribution in [0.15, 0.2) is 22.7 Å². The van der Waals surface area contributed by atoms with Gasteiger partial charge in [0.05, 0.1) is 0 Å².